The van der Waals surface area contributed by atoms with Crippen LogP contribution in [0.25, 0.3) is 22.6 Å². The van der Waals surface area contributed by atoms with Crippen molar-refractivity contribution in [2.24, 2.45) is 0 Å². The minimum absolute atomic E-state index is 0.193. The van der Waals surface area contributed by atoms with Gasteiger partial charge in [0.25, 0.3) is 0 Å². The standard InChI is InChI=1S/C21H20FN7O/c22-16-7-2-1-5-14(16)13-29-21-15(6-3-10-23-21)19(27-29)20-24-17(25-26-20)9-12-28-11-4-8-18(28)30/h1-3,5-7,10H,4,8-9,11-13H2,(H,24,25,26). The maximum atomic E-state index is 14.1. The highest BCUT2D eigenvalue weighted by molar-refractivity contribution is 5.89. The minimum atomic E-state index is -0.282. The Morgan fingerprint density at radius 2 is 2.07 bits per heavy atom. The molecule has 9 heteroatoms. The monoisotopic (exact) mass is 405 g/mol. The molecule has 0 saturated carbocycles. The number of aromatic amines is 1. The third-order valence-electron chi connectivity index (χ3n) is 5.32. The van der Waals surface area contributed by atoms with E-state index in [4.69, 9.17) is 0 Å². The van der Waals surface area contributed by atoms with Crippen LogP contribution in [0.4, 0.5) is 4.39 Å². The molecule has 0 bridgehead atoms. The van der Waals surface area contributed by atoms with Crippen molar-refractivity contribution < 1.29 is 9.18 Å². The fourth-order valence-electron chi connectivity index (χ4n) is 3.77. The first-order chi connectivity index (χ1) is 14.7. The van der Waals surface area contributed by atoms with Gasteiger partial charge in [-0.2, -0.15) is 10.2 Å². The van der Waals surface area contributed by atoms with Crippen LogP contribution in [0.2, 0.25) is 0 Å². The third kappa shape index (κ3) is 3.42. The van der Waals surface area contributed by atoms with Crippen molar-refractivity contribution in [3.05, 3.63) is 59.8 Å². The van der Waals surface area contributed by atoms with Gasteiger partial charge in [0.2, 0.25) is 11.7 Å². The van der Waals surface area contributed by atoms with Crippen LogP contribution in [-0.2, 0) is 17.8 Å². The van der Waals surface area contributed by atoms with Gasteiger partial charge in [-0.3, -0.25) is 9.89 Å². The van der Waals surface area contributed by atoms with Crippen LogP contribution < -0.4 is 0 Å². The molecule has 1 amide bonds. The van der Waals surface area contributed by atoms with Crippen molar-refractivity contribution in [2.75, 3.05) is 13.1 Å². The van der Waals surface area contributed by atoms with Crippen LogP contribution in [0.1, 0.15) is 24.2 Å². The lowest BCUT2D eigenvalue weighted by Crippen LogP contribution is -2.27. The summed E-state index contributed by atoms with van der Waals surface area (Å²) in [5, 5.41) is 12.7. The Bertz CT molecular complexity index is 1220. The second-order valence-electron chi connectivity index (χ2n) is 7.31. The van der Waals surface area contributed by atoms with E-state index in [2.05, 4.69) is 25.3 Å². The van der Waals surface area contributed by atoms with Crippen LogP contribution in [0.15, 0.2) is 42.6 Å². The summed E-state index contributed by atoms with van der Waals surface area (Å²) >= 11 is 0. The number of benzene rings is 1. The van der Waals surface area contributed by atoms with E-state index in [0.29, 0.717) is 47.9 Å². The molecule has 4 aromatic rings. The number of hydrogen-bond donors (Lipinski definition) is 1. The van der Waals surface area contributed by atoms with E-state index in [9.17, 15) is 9.18 Å². The maximum Gasteiger partial charge on any atom is 0.222 e. The van der Waals surface area contributed by atoms with Crippen molar-refractivity contribution >= 4 is 16.9 Å². The average molecular weight is 405 g/mol. The Hall–Kier alpha value is -3.62. The molecule has 1 aliphatic rings. The number of nitrogens with zero attached hydrogens (tertiary/aromatic N) is 6. The Kier molecular flexibility index (Phi) is 4.70. The number of pyridine rings is 1. The summed E-state index contributed by atoms with van der Waals surface area (Å²) in [6.45, 7) is 1.68. The first kappa shape index (κ1) is 18.4. The van der Waals surface area contributed by atoms with Gasteiger partial charge in [-0.25, -0.2) is 19.0 Å². The molecule has 1 saturated heterocycles. The maximum absolute atomic E-state index is 14.1. The Balaban J connectivity index is 1.43. The van der Waals surface area contributed by atoms with Crippen LogP contribution in [0.3, 0.4) is 0 Å². The molecule has 152 valence electrons. The first-order valence-corrected chi connectivity index (χ1v) is 9.93. The Morgan fingerprint density at radius 1 is 1.17 bits per heavy atom. The number of aromatic nitrogens is 6. The summed E-state index contributed by atoms with van der Waals surface area (Å²) in [5.41, 5.74) is 1.77. The molecule has 4 heterocycles. The predicted octanol–water partition coefficient (Wildman–Crippen LogP) is 2.57. The zero-order chi connectivity index (χ0) is 20.5. The highest BCUT2D eigenvalue weighted by Crippen LogP contribution is 2.25. The fraction of sp³-hybridized carbons (Fsp3) is 0.286. The summed E-state index contributed by atoms with van der Waals surface area (Å²) in [6.07, 6.45) is 3.83. The van der Waals surface area contributed by atoms with Crippen molar-refractivity contribution in [2.45, 2.75) is 25.8 Å². The van der Waals surface area contributed by atoms with Crippen LogP contribution in [0.5, 0.6) is 0 Å². The number of nitrogens with one attached hydrogen (secondary N) is 1. The summed E-state index contributed by atoms with van der Waals surface area (Å²) in [6, 6.07) is 10.4. The number of fused-ring (bicyclic) bond motifs is 1. The smallest absolute Gasteiger partial charge is 0.222 e. The molecule has 0 aliphatic carbocycles. The summed E-state index contributed by atoms with van der Waals surface area (Å²) in [5.74, 6) is 1.07. The first-order valence-electron chi connectivity index (χ1n) is 9.93. The molecule has 0 spiro atoms. The zero-order valence-electron chi connectivity index (χ0n) is 16.3. The molecular weight excluding hydrogens is 385 g/mol. The second-order valence-corrected chi connectivity index (χ2v) is 7.31. The molecule has 0 unspecified atom stereocenters. The number of amides is 1. The molecule has 5 rings (SSSR count). The quantitative estimate of drug-likeness (QED) is 0.532. The van der Waals surface area contributed by atoms with Crippen molar-refractivity contribution in [1.82, 2.24) is 34.8 Å². The number of carbonyl (C=O) groups is 1. The summed E-state index contributed by atoms with van der Waals surface area (Å²) < 4.78 is 15.8. The number of carbonyl (C=O) groups excluding carboxylic acids is 1. The number of hydrogen-bond acceptors (Lipinski definition) is 5. The Labute approximate surface area is 171 Å². The molecule has 1 fully saturated rings. The zero-order valence-corrected chi connectivity index (χ0v) is 16.3. The Morgan fingerprint density at radius 3 is 2.90 bits per heavy atom. The number of rotatable bonds is 6. The van der Waals surface area contributed by atoms with E-state index < -0.39 is 0 Å². The topological polar surface area (TPSA) is 92.6 Å². The van der Waals surface area contributed by atoms with E-state index in [-0.39, 0.29) is 18.3 Å². The normalized spacial score (nSPS) is 14.2. The molecule has 1 aromatic carbocycles. The van der Waals surface area contributed by atoms with Crippen LogP contribution in [0, 0.1) is 5.82 Å². The number of H-pyrrole nitrogens is 1. The lowest BCUT2D eigenvalue weighted by atomic mass is 10.2. The molecular formula is C21H20FN7O. The second kappa shape index (κ2) is 7.66. The number of likely N-dealkylation sites (tertiary alicyclic amines) is 1. The van der Waals surface area contributed by atoms with Gasteiger partial charge < -0.3 is 4.90 Å². The van der Waals surface area contributed by atoms with E-state index in [1.807, 2.05) is 17.0 Å². The van der Waals surface area contributed by atoms with Crippen molar-refractivity contribution in [1.29, 1.82) is 0 Å². The molecule has 1 aliphatic heterocycles. The van der Waals surface area contributed by atoms with Gasteiger partial charge in [0, 0.05) is 37.7 Å². The molecule has 8 nitrogen and oxygen atoms in total. The highest BCUT2D eigenvalue weighted by atomic mass is 19.1. The molecule has 30 heavy (non-hydrogen) atoms. The van der Waals surface area contributed by atoms with Gasteiger partial charge in [-0.15, -0.1) is 0 Å². The molecule has 0 atom stereocenters. The highest BCUT2D eigenvalue weighted by Gasteiger charge is 2.21. The van der Waals surface area contributed by atoms with E-state index >= 15 is 0 Å². The van der Waals surface area contributed by atoms with Crippen LogP contribution in [-0.4, -0.2) is 53.8 Å². The van der Waals surface area contributed by atoms with Gasteiger partial charge >= 0.3 is 0 Å². The summed E-state index contributed by atoms with van der Waals surface area (Å²) in [4.78, 5) is 22.6. The van der Waals surface area contributed by atoms with Gasteiger partial charge in [-0.05, 0) is 24.6 Å². The lowest BCUT2D eigenvalue weighted by molar-refractivity contribution is -0.127. The third-order valence-corrected chi connectivity index (χ3v) is 5.32. The van der Waals surface area contributed by atoms with E-state index in [1.54, 1.807) is 29.1 Å². The lowest BCUT2D eigenvalue weighted by Gasteiger charge is -2.13. The van der Waals surface area contributed by atoms with Crippen molar-refractivity contribution in [3.8, 4) is 11.5 Å². The average Bonchev–Trinajstić information content (AvgIpc) is 3.47. The van der Waals surface area contributed by atoms with Gasteiger partial charge in [-0.1, -0.05) is 18.2 Å². The molecule has 1 N–H and O–H groups in total. The van der Waals surface area contributed by atoms with Gasteiger partial charge in [0.05, 0.1) is 11.9 Å². The summed E-state index contributed by atoms with van der Waals surface area (Å²) in [7, 11) is 0. The predicted molar refractivity (Wildman–Crippen MR) is 108 cm³/mol. The SMILES string of the molecule is O=C1CCCN1CCc1nc(-c2nn(Cc3ccccc3F)c3ncccc23)n[nH]1. The van der Waals surface area contributed by atoms with Gasteiger partial charge in [0.15, 0.2) is 5.65 Å². The van der Waals surface area contributed by atoms with E-state index in [0.717, 1.165) is 18.4 Å². The number of halogens is 1. The molecule has 0 radical (unpaired) electrons. The van der Waals surface area contributed by atoms with E-state index in [1.165, 1.54) is 6.07 Å². The van der Waals surface area contributed by atoms with Crippen molar-refractivity contribution in [3.63, 3.8) is 0 Å². The largest absolute Gasteiger partial charge is 0.342 e. The van der Waals surface area contributed by atoms with Crippen LogP contribution >= 0.6 is 0 Å². The minimum Gasteiger partial charge on any atom is -0.342 e. The van der Waals surface area contributed by atoms with Gasteiger partial charge in [0.1, 0.15) is 17.3 Å². The molecule has 3 aromatic heterocycles. The fourth-order valence-corrected chi connectivity index (χ4v) is 3.77.